The number of ether oxygens (including phenoxy) is 1. The van der Waals surface area contributed by atoms with E-state index in [2.05, 4.69) is 17.1 Å². The molecular weight excluding hydrogens is 386 g/mol. The monoisotopic (exact) mass is 415 g/mol. The number of piperidine rings is 1. The first kappa shape index (κ1) is 20.5. The van der Waals surface area contributed by atoms with E-state index in [1.54, 1.807) is 7.05 Å². The predicted molar refractivity (Wildman–Crippen MR) is 111 cm³/mol. The number of guanidine groups is 1. The first-order valence-electron chi connectivity index (χ1n) is 10.5. The molecule has 3 aliphatic heterocycles. The molecule has 9 heteroatoms. The third kappa shape index (κ3) is 4.07. The highest BCUT2D eigenvalue weighted by Crippen LogP contribution is 2.28. The van der Waals surface area contributed by atoms with E-state index < -0.39 is 24.3 Å². The Morgan fingerprint density at radius 2 is 1.93 bits per heavy atom. The molecule has 9 nitrogen and oxygen atoms in total. The van der Waals surface area contributed by atoms with Crippen LogP contribution in [-0.4, -0.2) is 89.3 Å². The highest BCUT2D eigenvalue weighted by atomic mass is 16.5. The number of aliphatic hydroxyl groups excluding tert-OH is 1. The number of nitrogens with zero attached hydrogens (tertiary/aromatic N) is 4. The number of hydrogen-bond acceptors (Lipinski definition) is 7. The Bertz CT molecular complexity index is 809. The molecule has 0 saturated carbocycles. The van der Waals surface area contributed by atoms with Gasteiger partial charge in [-0.2, -0.15) is 0 Å². The number of fused-ring (bicyclic) bond motifs is 1. The quantitative estimate of drug-likeness (QED) is 0.735. The lowest BCUT2D eigenvalue weighted by Crippen LogP contribution is -2.65. The number of amides is 3. The van der Waals surface area contributed by atoms with Crippen molar-refractivity contribution < 1.29 is 19.4 Å². The molecule has 30 heavy (non-hydrogen) atoms. The van der Waals surface area contributed by atoms with Crippen LogP contribution in [0.25, 0.3) is 0 Å². The molecule has 3 aliphatic rings. The third-order valence-electron chi connectivity index (χ3n) is 6.00. The molecule has 0 radical (unpaired) electrons. The summed E-state index contributed by atoms with van der Waals surface area (Å²) >= 11 is 0. The Morgan fingerprint density at radius 1 is 1.23 bits per heavy atom. The van der Waals surface area contributed by atoms with Gasteiger partial charge in [0.2, 0.25) is 0 Å². The van der Waals surface area contributed by atoms with Crippen molar-refractivity contribution in [2.24, 2.45) is 10.9 Å². The molecule has 2 saturated heterocycles. The maximum absolute atomic E-state index is 12.7. The molecule has 3 atom stereocenters. The zero-order valence-corrected chi connectivity index (χ0v) is 17.4. The van der Waals surface area contributed by atoms with E-state index in [0.717, 1.165) is 25.9 Å². The number of likely N-dealkylation sites (tertiary alicyclic amines) is 1. The van der Waals surface area contributed by atoms with Gasteiger partial charge in [0.25, 0.3) is 5.91 Å². The zero-order valence-electron chi connectivity index (χ0n) is 17.4. The van der Waals surface area contributed by atoms with Crippen molar-refractivity contribution in [2.75, 3.05) is 33.3 Å². The van der Waals surface area contributed by atoms with Gasteiger partial charge in [-0.15, -0.1) is 0 Å². The summed E-state index contributed by atoms with van der Waals surface area (Å²) in [4.78, 5) is 35.0. The molecule has 0 bridgehead atoms. The number of rotatable bonds is 5. The normalized spacial score (nSPS) is 25.7. The summed E-state index contributed by atoms with van der Waals surface area (Å²) < 4.78 is 5.68. The Hall–Kier alpha value is -2.81. The number of carbonyl (C=O) groups is 2. The minimum atomic E-state index is -0.825. The molecule has 4 rings (SSSR count). The zero-order chi connectivity index (χ0) is 21.3. The van der Waals surface area contributed by atoms with Crippen LogP contribution in [-0.2, 0) is 4.79 Å². The van der Waals surface area contributed by atoms with Gasteiger partial charge in [-0.25, -0.2) is 9.79 Å². The molecule has 0 aromatic heterocycles. The van der Waals surface area contributed by atoms with Crippen LogP contribution in [0.3, 0.4) is 0 Å². The Kier molecular flexibility index (Phi) is 5.80. The summed E-state index contributed by atoms with van der Waals surface area (Å²) in [5, 5.41) is 13.1. The molecule has 1 aromatic carbocycles. The lowest BCUT2D eigenvalue weighted by Gasteiger charge is -2.39. The number of imide groups is 1. The van der Waals surface area contributed by atoms with Gasteiger partial charge in [0.1, 0.15) is 18.5 Å². The van der Waals surface area contributed by atoms with Crippen molar-refractivity contribution in [3.8, 4) is 5.75 Å². The maximum atomic E-state index is 12.7. The van der Waals surface area contributed by atoms with Crippen molar-refractivity contribution in [1.29, 1.82) is 0 Å². The summed E-state index contributed by atoms with van der Waals surface area (Å²) in [6.07, 6.45) is 0.669. The molecule has 2 fully saturated rings. The van der Waals surface area contributed by atoms with Gasteiger partial charge in [-0.05, 0) is 30.9 Å². The van der Waals surface area contributed by atoms with Crippen molar-refractivity contribution >= 4 is 17.9 Å². The number of β-amino-alcohol motifs (C(OH)–C–C–N with tert-alkyl or cyclic N) is 1. The Balaban J connectivity index is 1.50. The summed E-state index contributed by atoms with van der Waals surface area (Å²) in [6.45, 7) is 4.19. The van der Waals surface area contributed by atoms with Gasteiger partial charge in [0.15, 0.2) is 18.2 Å². The number of aliphatic hydroxyl groups is 1. The number of para-hydroxylation sites is 1. The smallest absolute Gasteiger partial charge is 0.325 e. The molecule has 2 N–H and O–H groups in total. The fraction of sp³-hybridized carbons (Fsp3) is 0.571. The van der Waals surface area contributed by atoms with Gasteiger partial charge >= 0.3 is 6.03 Å². The summed E-state index contributed by atoms with van der Waals surface area (Å²) in [5.74, 6) is 1.61. The minimum Gasteiger partial charge on any atom is -0.491 e. The number of urea groups is 1. The van der Waals surface area contributed by atoms with Crippen LogP contribution in [0.1, 0.15) is 19.8 Å². The van der Waals surface area contributed by atoms with Crippen LogP contribution in [0, 0.1) is 5.92 Å². The second-order valence-corrected chi connectivity index (χ2v) is 8.29. The molecule has 1 aromatic rings. The molecule has 3 unspecified atom stereocenters. The first-order chi connectivity index (χ1) is 14.4. The summed E-state index contributed by atoms with van der Waals surface area (Å²) in [7, 11) is 1.64. The van der Waals surface area contributed by atoms with Gasteiger partial charge in [-0.1, -0.05) is 25.1 Å². The molecule has 3 heterocycles. The highest BCUT2D eigenvalue weighted by Gasteiger charge is 2.50. The average molecular weight is 415 g/mol. The SMILES string of the molecule is CC1CCN(C2=NC3C(C(=O)NC(=O)N3C)N2CC(O)COc2ccccc2)CC1. The number of likely N-dealkylation sites (N-methyl/N-ethyl adjacent to an activating group) is 1. The number of benzene rings is 1. The fourth-order valence-corrected chi connectivity index (χ4v) is 4.17. The fourth-order valence-electron chi connectivity index (χ4n) is 4.17. The van der Waals surface area contributed by atoms with Gasteiger partial charge in [0, 0.05) is 20.1 Å². The van der Waals surface area contributed by atoms with Crippen LogP contribution in [0.5, 0.6) is 5.75 Å². The number of aliphatic imine (C=N–C) groups is 1. The van der Waals surface area contributed by atoms with Crippen molar-refractivity contribution in [3.05, 3.63) is 30.3 Å². The minimum absolute atomic E-state index is 0.0958. The van der Waals surface area contributed by atoms with Crippen LogP contribution in [0.2, 0.25) is 0 Å². The highest BCUT2D eigenvalue weighted by molar-refractivity contribution is 6.03. The maximum Gasteiger partial charge on any atom is 0.325 e. The lowest BCUT2D eigenvalue weighted by molar-refractivity contribution is -0.127. The predicted octanol–water partition coefficient (Wildman–Crippen LogP) is 0.706. The largest absolute Gasteiger partial charge is 0.491 e. The van der Waals surface area contributed by atoms with E-state index in [4.69, 9.17) is 9.73 Å². The van der Waals surface area contributed by atoms with Gasteiger partial charge in [-0.3, -0.25) is 10.1 Å². The lowest BCUT2D eigenvalue weighted by atomic mass is 9.99. The average Bonchev–Trinajstić information content (AvgIpc) is 3.12. The number of hydrogen-bond donors (Lipinski definition) is 2. The van der Waals surface area contributed by atoms with Crippen molar-refractivity contribution in [2.45, 2.75) is 38.1 Å². The molecule has 0 spiro atoms. The van der Waals surface area contributed by atoms with Gasteiger partial charge < -0.3 is 24.5 Å². The second kappa shape index (κ2) is 8.51. The van der Waals surface area contributed by atoms with Gasteiger partial charge in [0.05, 0.1) is 6.54 Å². The molecular formula is C21H29N5O4. The topological polar surface area (TPSA) is 97.7 Å². The van der Waals surface area contributed by atoms with Crippen LogP contribution < -0.4 is 10.1 Å². The Morgan fingerprint density at radius 3 is 2.63 bits per heavy atom. The first-order valence-corrected chi connectivity index (χ1v) is 10.5. The van der Waals surface area contributed by atoms with E-state index in [-0.39, 0.29) is 19.1 Å². The summed E-state index contributed by atoms with van der Waals surface area (Å²) in [6, 6.07) is 8.18. The van der Waals surface area contributed by atoms with Crippen molar-refractivity contribution in [1.82, 2.24) is 20.0 Å². The Labute approximate surface area is 176 Å². The van der Waals surface area contributed by atoms with E-state index >= 15 is 0 Å². The van der Waals surface area contributed by atoms with Crippen LogP contribution in [0.4, 0.5) is 4.79 Å². The third-order valence-corrected chi connectivity index (χ3v) is 6.00. The van der Waals surface area contributed by atoms with E-state index in [9.17, 15) is 14.7 Å². The van der Waals surface area contributed by atoms with E-state index in [1.165, 1.54) is 4.90 Å². The van der Waals surface area contributed by atoms with Crippen LogP contribution >= 0.6 is 0 Å². The molecule has 0 aliphatic carbocycles. The van der Waals surface area contributed by atoms with Crippen LogP contribution in [0.15, 0.2) is 35.3 Å². The van der Waals surface area contributed by atoms with E-state index in [1.807, 2.05) is 35.2 Å². The second-order valence-electron chi connectivity index (χ2n) is 8.29. The summed E-state index contributed by atoms with van der Waals surface area (Å²) in [5.41, 5.74) is 0. The van der Waals surface area contributed by atoms with Crippen molar-refractivity contribution in [3.63, 3.8) is 0 Å². The van der Waals surface area contributed by atoms with E-state index in [0.29, 0.717) is 17.6 Å². The molecule has 162 valence electrons. The standard InChI is InChI=1S/C21H29N5O4/c1-14-8-10-25(11-9-14)20-22-18-17(19(28)23-21(29)24(18)2)26(20)12-15(27)13-30-16-6-4-3-5-7-16/h3-7,14-15,17-18,27H,8-13H2,1-2H3,(H,23,28,29). The molecule has 3 amide bonds. The number of carbonyl (C=O) groups excluding carboxylic acids is 2. The number of nitrogens with one attached hydrogen (secondary N) is 1.